The van der Waals surface area contributed by atoms with Crippen molar-refractivity contribution in [2.24, 2.45) is 0 Å². The Morgan fingerprint density at radius 3 is 2.00 bits per heavy atom. The van der Waals surface area contributed by atoms with Gasteiger partial charge in [-0.25, -0.2) is 8.42 Å². The monoisotopic (exact) mass is 291 g/mol. The maximum Gasteiger partial charge on any atom is 0.222 e. The maximum atomic E-state index is 12.7. The molecule has 0 atom stereocenters. The van der Waals surface area contributed by atoms with Crippen molar-refractivity contribution in [1.29, 1.82) is 0 Å². The van der Waals surface area contributed by atoms with Gasteiger partial charge in [0.1, 0.15) is 5.03 Å². The molecule has 0 bridgehead atoms. The first-order valence-electron chi connectivity index (χ1n) is 6.64. The third-order valence-corrected chi connectivity index (χ3v) is 5.35. The molecule has 0 aliphatic carbocycles. The molecule has 0 amide bonds. The lowest BCUT2D eigenvalue weighted by atomic mass is 9.87. The molecule has 0 aliphatic heterocycles. The lowest BCUT2D eigenvalue weighted by Gasteiger charge is -2.18. The van der Waals surface area contributed by atoms with E-state index in [2.05, 4.69) is 25.8 Å². The highest BCUT2D eigenvalue weighted by Crippen LogP contribution is 2.31. The predicted molar refractivity (Wildman–Crippen MR) is 80.9 cm³/mol. The Balaban J connectivity index is 2.56. The molecular weight excluding hydrogens is 270 g/mol. The Morgan fingerprint density at radius 1 is 1.00 bits per heavy atom. The molecule has 0 fully saturated rings. The number of aryl methyl sites for hydroxylation is 1. The highest BCUT2D eigenvalue weighted by Gasteiger charge is 2.27. The van der Waals surface area contributed by atoms with Gasteiger partial charge in [-0.2, -0.15) is 0 Å². The first-order valence-corrected chi connectivity index (χ1v) is 8.12. The van der Waals surface area contributed by atoms with Crippen molar-refractivity contribution in [3.8, 4) is 0 Å². The SMILES string of the molecule is Cc1ccc(S(=O)(=O)c2[nH]cc(C(C)(C)C)c2C)cc1. The van der Waals surface area contributed by atoms with E-state index < -0.39 is 9.84 Å². The number of benzene rings is 1. The minimum absolute atomic E-state index is 0.0817. The molecule has 4 heteroatoms. The molecule has 3 nitrogen and oxygen atoms in total. The Hall–Kier alpha value is -1.55. The molecule has 0 unspecified atom stereocenters. The molecule has 1 aromatic heterocycles. The Morgan fingerprint density at radius 2 is 1.55 bits per heavy atom. The van der Waals surface area contributed by atoms with Crippen molar-refractivity contribution >= 4 is 9.84 Å². The second-order valence-electron chi connectivity index (χ2n) is 6.22. The van der Waals surface area contributed by atoms with Gasteiger partial charge in [-0.3, -0.25) is 0 Å². The van der Waals surface area contributed by atoms with Crippen LogP contribution in [0.3, 0.4) is 0 Å². The van der Waals surface area contributed by atoms with Crippen LogP contribution in [0, 0.1) is 13.8 Å². The van der Waals surface area contributed by atoms with Gasteiger partial charge >= 0.3 is 0 Å². The van der Waals surface area contributed by atoms with E-state index in [1.54, 1.807) is 18.3 Å². The number of aromatic nitrogens is 1. The lowest BCUT2D eigenvalue weighted by molar-refractivity contribution is 0.584. The van der Waals surface area contributed by atoms with Crippen LogP contribution in [0.4, 0.5) is 0 Å². The van der Waals surface area contributed by atoms with Gasteiger partial charge in [0.05, 0.1) is 4.90 Å². The normalized spacial score (nSPS) is 12.7. The molecule has 0 aliphatic rings. The summed E-state index contributed by atoms with van der Waals surface area (Å²) in [6.07, 6.45) is 1.80. The van der Waals surface area contributed by atoms with Crippen molar-refractivity contribution < 1.29 is 8.42 Å². The number of rotatable bonds is 2. The van der Waals surface area contributed by atoms with Crippen LogP contribution < -0.4 is 0 Å². The van der Waals surface area contributed by atoms with Crippen LogP contribution in [0.5, 0.6) is 0 Å². The molecule has 0 spiro atoms. The third-order valence-electron chi connectivity index (χ3n) is 3.50. The van der Waals surface area contributed by atoms with Gasteiger partial charge in [0, 0.05) is 6.20 Å². The molecule has 2 aromatic rings. The Kier molecular flexibility index (Phi) is 3.54. The van der Waals surface area contributed by atoms with E-state index in [0.29, 0.717) is 9.92 Å². The zero-order valence-electron chi connectivity index (χ0n) is 12.6. The number of sulfone groups is 1. The summed E-state index contributed by atoms with van der Waals surface area (Å²) in [4.78, 5) is 3.27. The first-order chi connectivity index (χ1) is 9.14. The largest absolute Gasteiger partial charge is 0.352 e. The van der Waals surface area contributed by atoms with Gasteiger partial charge in [-0.1, -0.05) is 38.5 Å². The van der Waals surface area contributed by atoms with Gasteiger partial charge in [-0.05, 0) is 42.5 Å². The highest BCUT2D eigenvalue weighted by molar-refractivity contribution is 7.91. The van der Waals surface area contributed by atoms with E-state index >= 15 is 0 Å². The van der Waals surface area contributed by atoms with Crippen LogP contribution in [0.1, 0.15) is 37.5 Å². The fourth-order valence-corrected chi connectivity index (χ4v) is 3.83. The minimum Gasteiger partial charge on any atom is -0.352 e. The zero-order valence-corrected chi connectivity index (χ0v) is 13.4. The zero-order chi connectivity index (χ0) is 15.1. The van der Waals surface area contributed by atoms with Crippen LogP contribution in [-0.2, 0) is 15.3 Å². The summed E-state index contributed by atoms with van der Waals surface area (Å²) in [5, 5.41) is 0.297. The number of nitrogens with one attached hydrogen (secondary N) is 1. The summed E-state index contributed by atoms with van der Waals surface area (Å²) in [5.41, 5.74) is 2.80. The van der Waals surface area contributed by atoms with Gasteiger partial charge in [0.25, 0.3) is 0 Å². The highest BCUT2D eigenvalue weighted by atomic mass is 32.2. The summed E-state index contributed by atoms with van der Waals surface area (Å²) >= 11 is 0. The average molecular weight is 291 g/mol. The summed E-state index contributed by atoms with van der Waals surface area (Å²) in [6, 6.07) is 6.94. The topological polar surface area (TPSA) is 49.9 Å². The molecule has 0 radical (unpaired) electrons. The summed E-state index contributed by atoms with van der Waals surface area (Å²) < 4.78 is 25.3. The number of hydrogen-bond acceptors (Lipinski definition) is 2. The first kappa shape index (κ1) is 14.9. The van der Waals surface area contributed by atoms with Crippen molar-refractivity contribution in [3.63, 3.8) is 0 Å². The van der Waals surface area contributed by atoms with Crippen molar-refractivity contribution in [1.82, 2.24) is 4.98 Å². The van der Waals surface area contributed by atoms with E-state index in [9.17, 15) is 8.42 Å². The van der Waals surface area contributed by atoms with E-state index in [-0.39, 0.29) is 5.41 Å². The van der Waals surface area contributed by atoms with Crippen LogP contribution in [-0.4, -0.2) is 13.4 Å². The lowest BCUT2D eigenvalue weighted by Crippen LogP contribution is -2.12. The number of H-pyrrole nitrogens is 1. The van der Waals surface area contributed by atoms with Crippen LogP contribution in [0.25, 0.3) is 0 Å². The molecule has 2 rings (SSSR count). The fourth-order valence-electron chi connectivity index (χ4n) is 2.37. The van der Waals surface area contributed by atoms with Crippen LogP contribution in [0.15, 0.2) is 40.4 Å². The molecule has 1 heterocycles. The molecule has 1 aromatic carbocycles. The predicted octanol–water partition coefficient (Wildman–Crippen LogP) is 3.76. The van der Waals surface area contributed by atoms with Gasteiger partial charge in [0.15, 0.2) is 0 Å². The van der Waals surface area contributed by atoms with E-state index in [1.165, 1.54) is 0 Å². The van der Waals surface area contributed by atoms with Crippen molar-refractivity contribution in [3.05, 3.63) is 47.2 Å². The number of aromatic amines is 1. The summed E-state index contributed by atoms with van der Waals surface area (Å²) in [6.45, 7) is 10.0. The second-order valence-corrected chi connectivity index (χ2v) is 8.11. The van der Waals surface area contributed by atoms with Crippen molar-refractivity contribution in [2.75, 3.05) is 0 Å². The summed E-state index contributed by atoms with van der Waals surface area (Å²) in [7, 11) is -3.48. The molecule has 108 valence electrons. The number of hydrogen-bond donors (Lipinski definition) is 1. The average Bonchev–Trinajstić information content (AvgIpc) is 2.72. The van der Waals surface area contributed by atoms with Crippen LogP contribution >= 0.6 is 0 Å². The Labute approximate surface area is 121 Å². The maximum absolute atomic E-state index is 12.7. The van der Waals surface area contributed by atoms with Gasteiger partial charge < -0.3 is 4.98 Å². The van der Waals surface area contributed by atoms with E-state index in [1.807, 2.05) is 26.0 Å². The molecule has 0 saturated carbocycles. The summed E-state index contributed by atoms with van der Waals surface area (Å²) in [5.74, 6) is 0. The molecule has 1 N–H and O–H groups in total. The van der Waals surface area contributed by atoms with Gasteiger partial charge in [0.2, 0.25) is 9.84 Å². The third kappa shape index (κ3) is 2.52. The quantitative estimate of drug-likeness (QED) is 0.916. The molecular formula is C16H21NO2S. The van der Waals surface area contributed by atoms with Crippen LogP contribution in [0.2, 0.25) is 0 Å². The van der Waals surface area contributed by atoms with E-state index in [0.717, 1.165) is 16.7 Å². The minimum atomic E-state index is -3.48. The second kappa shape index (κ2) is 4.77. The van der Waals surface area contributed by atoms with Gasteiger partial charge in [-0.15, -0.1) is 0 Å². The molecule has 20 heavy (non-hydrogen) atoms. The molecule has 0 saturated heterocycles. The Bertz CT molecular complexity index is 717. The smallest absolute Gasteiger partial charge is 0.222 e. The fraction of sp³-hybridized carbons (Fsp3) is 0.375. The van der Waals surface area contributed by atoms with Crippen molar-refractivity contribution in [2.45, 2.75) is 50.0 Å². The standard InChI is InChI=1S/C16H21NO2S/c1-11-6-8-13(9-7-11)20(18,19)15-12(2)14(10-17-15)16(3,4)5/h6-10,17H,1-5H3. The van der Waals surface area contributed by atoms with E-state index in [4.69, 9.17) is 0 Å².